The standard InChI is InChI=1S/C22H31N7.HI/c1-5-23-22(24-11-8-12-28-16-17(2)14-26-28)25-15-20-9-6-7-10-21(20)29-19(4)13-18(3)27-29;/h6-7,9-10,13-14,16H,5,8,11-12,15H2,1-4H3,(H2,23,24,25);1H. The van der Waals surface area contributed by atoms with Gasteiger partial charge < -0.3 is 10.6 Å². The zero-order valence-electron chi connectivity index (χ0n) is 18.2. The third-order valence-electron chi connectivity index (χ3n) is 4.60. The van der Waals surface area contributed by atoms with Gasteiger partial charge in [-0.25, -0.2) is 9.67 Å². The second kappa shape index (κ2) is 11.7. The molecule has 3 aromatic rings. The van der Waals surface area contributed by atoms with E-state index in [0.29, 0.717) is 6.54 Å². The Labute approximate surface area is 196 Å². The van der Waals surface area contributed by atoms with Crippen LogP contribution in [0.1, 0.15) is 35.9 Å². The molecule has 2 heterocycles. The number of guanidine groups is 1. The van der Waals surface area contributed by atoms with Crippen molar-refractivity contribution in [2.75, 3.05) is 13.1 Å². The second-order valence-corrected chi connectivity index (χ2v) is 7.22. The number of hydrogen-bond donors (Lipinski definition) is 2. The number of aryl methyl sites for hydroxylation is 4. The Kier molecular flexibility index (Phi) is 9.35. The van der Waals surface area contributed by atoms with Crippen LogP contribution >= 0.6 is 24.0 Å². The van der Waals surface area contributed by atoms with E-state index < -0.39 is 0 Å². The van der Waals surface area contributed by atoms with Gasteiger partial charge in [0.15, 0.2) is 5.96 Å². The molecule has 0 amide bonds. The van der Waals surface area contributed by atoms with Crippen LogP contribution in [0.4, 0.5) is 0 Å². The van der Waals surface area contributed by atoms with Gasteiger partial charge in [0.2, 0.25) is 0 Å². The highest BCUT2D eigenvalue weighted by atomic mass is 127. The van der Waals surface area contributed by atoms with Crippen LogP contribution in [0.5, 0.6) is 0 Å². The zero-order chi connectivity index (χ0) is 20.6. The van der Waals surface area contributed by atoms with Crippen molar-refractivity contribution < 1.29 is 0 Å². The third kappa shape index (κ3) is 6.58. The van der Waals surface area contributed by atoms with Crippen molar-refractivity contribution in [3.05, 3.63) is 65.2 Å². The number of aliphatic imine (C=N–C) groups is 1. The molecule has 0 bridgehead atoms. The summed E-state index contributed by atoms with van der Waals surface area (Å²) in [5, 5.41) is 15.7. The normalized spacial score (nSPS) is 11.3. The summed E-state index contributed by atoms with van der Waals surface area (Å²) in [4.78, 5) is 4.79. The van der Waals surface area contributed by atoms with Gasteiger partial charge in [0.1, 0.15) is 0 Å². The molecule has 8 heteroatoms. The van der Waals surface area contributed by atoms with E-state index in [4.69, 9.17) is 4.99 Å². The van der Waals surface area contributed by atoms with E-state index in [-0.39, 0.29) is 24.0 Å². The fraction of sp³-hybridized carbons (Fsp3) is 0.409. The lowest BCUT2D eigenvalue weighted by molar-refractivity contribution is 0.570. The van der Waals surface area contributed by atoms with Gasteiger partial charge >= 0.3 is 0 Å². The van der Waals surface area contributed by atoms with Crippen LogP contribution in [-0.4, -0.2) is 38.6 Å². The van der Waals surface area contributed by atoms with E-state index in [1.165, 1.54) is 5.56 Å². The molecule has 1 aromatic carbocycles. The topological polar surface area (TPSA) is 72.1 Å². The Hall–Kier alpha value is -2.36. The van der Waals surface area contributed by atoms with Gasteiger partial charge in [-0.15, -0.1) is 24.0 Å². The lowest BCUT2D eigenvalue weighted by Gasteiger charge is -2.13. The lowest BCUT2D eigenvalue weighted by Crippen LogP contribution is -2.38. The average Bonchev–Trinajstić information content (AvgIpc) is 3.27. The van der Waals surface area contributed by atoms with Crippen LogP contribution in [0.2, 0.25) is 0 Å². The molecule has 7 nitrogen and oxygen atoms in total. The molecule has 0 saturated carbocycles. The number of aromatic nitrogens is 4. The van der Waals surface area contributed by atoms with Gasteiger partial charge in [0, 0.05) is 31.5 Å². The third-order valence-corrected chi connectivity index (χ3v) is 4.60. The zero-order valence-corrected chi connectivity index (χ0v) is 20.6. The molecule has 0 aliphatic rings. The van der Waals surface area contributed by atoms with Crippen molar-refractivity contribution in [2.24, 2.45) is 4.99 Å². The van der Waals surface area contributed by atoms with Crippen LogP contribution in [0.25, 0.3) is 5.69 Å². The molecule has 3 rings (SSSR count). The van der Waals surface area contributed by atoms with Crippen LogP contribution in [-0.2, 0) is 13.1 Å². The van der Waals surface area contributed by atoms with Gasteiger partial charge in [0.05, 0.1) is 24.1 Å². The maximum atomic E-state index is 4.79. The highest BCUT2D eigenvalue weighted by molar-refractivity contribution is 14.0. The summed E-state index contributed by atoms with van der Waals surface area (Å²) >= 11 is 0. The van der Waals surface area contributed by atoms with E-state index in [2.05, 4.69) is 66.0 Å². The number of para-hydroxylation sites is 1. The van der Waals surface area contributed by atoms with Gasteiger partial charge in [-0.3, -0.25) is 4.68 Å². The quantitative estimate of drug-likeness (QED) is 0.205. The molecule has 0 aliphatic carbocycles. The molecular weight excluding hydrogens is 489 g/mol. The summed E-state index contributed by atoms with van der Waals surface area (Å²) < 4.78 is 3.97. The maximum Gasteiger partial charge on any atom is 0.191 e. The van der Waals surface area contributed by atoms with Crippen LogP contribution < -0.4 is 10.6 Å². The molecule has 30 heavy (non-hydrogen) atoms. The summed E-state index contributed by atoms with van der Waals surface area (Å²) in [6.07, 6.45) is 4.93. The molecule has 0 radical (unpaired) electrons. The number of nitrogens with zero attached hydrogens (tertiary/aromatic N) is 5. The van der Waals surface area contributed by atoms with Gasteiger partial charge in [-0.1, -0.05) is 18.2 Å². The summed E-state index contributed by atoms with van der Waals surface area (Å²) in [6, 6.07) is 10.4. The second-order valence-electron chi connectivity index (χ2n) is 7.22. The van der Waals surface area contributed by atoms with Crippen molar-refractivity contribution in [2.45, 2.75) is 47.2 Å². The van der Waals surface area contributed by atoms with Crippen molar-refractivity contribution in [3.8, 4) is 5.69 Å². The highest BCUT2D eigenvalue weighted by Crippen LogP contribution is 2.17. The maximum absolute atomic E-state index is 4.79. The van der Waals surface area contributed by atoms with Crippen LogP contribution in [0, 0.1) is 20.8 Å². The lowest BCUT2D eigenvalue weighted by atomic mass is 10.2. The minimum Gasteiger partial charge on any atom is -0.357 e. The number of halogens is 1. The molecule has 0 fully saturated rings. The van der Waals surface area contributed by atoms with Crippen molar-refractivity contribution in [1.29, 1.82) is 0 Å². The molecule has 0 unspecified atom stereocenters. The predicted molar refractivity (Wildman–Crippen MR) is 133 cm³/mol. The number of benzene rings is 1. The molecule has 0 aliphatic heterocycles. The van der Waals surface area contributed by atoms with Crippen molar-refractivity contribution in [3.63, 3.8) is 0 Å². The highest BCUT2D eigenvalue weighted by Gasteiger charge is 2.08. The Morgan fingerprint density at radius 1 is 1.13 bits per heavy atom. The first-order chi connectivity index (χ1) is 14.1. The summed E-state index contributed by atoms with van der Waals surface area (Å²) in [7, 11) is 0. The minimum absolute atomic E-state index is 0. The van der Waals surface area contributed by atoms with Gasteiger partial charge in [-0.2, -0.15) is 10.2 Å². The molecule has 0 atom stereocenters. The minimum atomic E-state index is 0. The van der Waals surface area contributed by atoms with Crippen LogP contribution in [0.3, 0.4) is 0 Å². The van der Waals surface area contributed by atoms with Crippen LogP contribution in [0.15, 0.2) is 47.7 Å². The van der Waals surface area contributed by atoms with Crippen molar-refractivity contribution >= 4 is 29.9 Å². The average molecular weight is 521 g/mol. The summed E-state index contributed by atoms with van der Waals surface area (Å²) in [5.74, 6) is 0.826. The predicted octanol–water partition coefficient (Wildman–Crippen LogP) is 3.76. The van der Waals surface area contributed by atoms with E-state index in [1.807, 2.05) is 34.6 Å². The first-order valence-electron chi connectivity index (χ1n) is 10.2. The fourth-order valence-electron chi connectivity index (χ4n) is 3.27. The Bertz CT molecular complexity index is 958. The molecule has 2 aromatic heterocycles. The molecule has 162 valence electrons. The van der Waals surface area contributed by atoms with E-state index in [9.17, 15) is 0 Å². The summed E-state index contributed by atoms with van der Waals surface area (Å²) in [5.41, 5.74) is 5.55. The largest absolute Gasteiger partial charge is 0.357 e. The fourth-order valence-corrected chi connectivity index (χ4v) is 3.27. The molecule has 2 N–H and O–H groups in total. The first kappa shape index (κ1) is 23.9. The number of rotatable bonds is 8. The van der Waals surface area contributed by atoms with Gasteiger partial charge in [0.25, 0.3) is 0 Å². The Morgan fingerprint density at radius 2 is 1.93 bits per heavy atom. The molecule has 0 saturated heterocycles. The number of hydrogen-bond acceptors (Lipinski definition) is 3. The van der Waals surface area contributed by atoms with E-state index in [1.54, 1.807) is 0 Å². The van der Waals surface area contributed by atoms with E-state index >= 15 is 0 Å². The van der Waals surface area contributed by atoms with E-state index in [0.717, 1.165) is 54.7 Å². The van der Waals surface area contributed by atoms with Gasteiger partial charge in [-0.05, 0) is 57.4 Å². The smallest absolute Gasteiger partial charge is 0.191 e. The SMILES string of the molecule is CCNC(=NCc1ccccc1-n1nc(C)cc1C)NCCCn1cc(C)cn1.I. The van der Waals surface area contributed by atoms with Crippen molar-refractivity contribution in [1.82, 2.24) is 30.2 Å². The Balaban J connectivity index is 0.00000320. The molecule has 0 spiro atoms. The number of nitrogens with one attached hydrogen (secondary N) is 2. The monoisotopic (exact) mass is 521 g/mol. The summed E-state index contributed by atoms with van der Waals surface area (Å²) in [6.45, 7) is 11.4. The Morgan fingerprint density at radius 3 is 2.60 bits per heavy atom. The molecular formula is C22H32IN7. The first-order valence-corrected chi connectivity index (χ1v) is 10.2.